The molecule has 1 N–H and O–H groups in total. The zero-order chi connectivity index (χ0) is 13.0. The lowest BCUT2D eigenvalue weighted by molar-refractivity contribution is 0.0946. The van der Waals surface area contributed by atoms with E-state index >= 15 is 0 Å². The van der Waals surface area contributed by atoms with Crippen LogP contribution in [-0.2, 0) is 13.6 Å². The molecular weight excluding hydrogens is 226 g/mol. The molecule has 0 aliphatic heterocycles. The molecule has 0 aliphatic rings. The number of imidazole rings is 1. The first-order valence-corrected chi connectivity index (χ1v) is 5.53. The summed E-state index contributed by atoms with van der Waals surface area (Å²) in [6.45, 7) is 0.474. The molecule has 4 heteroatoms. The van der Waals surface area contributed by atoms with Crippen LogP contribution in [0.5, 0.6) is 0 Å². The predicted molar refractivity (Wildman–Crippen MR) is 68.8 cm³/mol. The van der Waals surface area contributed by atoms with Gasteiger partial charge in [-0.05, 0) is 11.5 Å². The number of hydrogen-bond donors (Lipinski definition) is 1. The second kappa shape index (κ2) is 5.19. The van der Waals surface area contributed by atoms with E-state index in [1.807, 2.05) is 30.3 Å². The van der Waals surface area contributed by atoms with Crippen LogP contribution < -0.4 is 5.32 Å². The number of aromatic nitrogens is 2. The standard InChI is InChI=1S/C14H13N3O/c1-3-13-16-12(10-17(13)2)14(18)15-9-11-7-5-4-6-8-11/h1,4-8,10H,9H2,2H3,(H,15,18). The van der Waals surface area contributed by atoms with Gasteiger partial charge in [-0.3, -0.25) is 4.79 Å². The fourth-order valence-corrected chi connectivity index (χ4v) is 1.58. The number of nitrogens with zero attached hydrogens (tertiary/aromatic N) is 2. The van der Waals surface area contributed by atoms with Crippen LogP contribution in [-0.4, -0.2) is 15.5 Å². The average molecular weight is 239 g/mol. The smallest absolute Gasteiger partial charge is 0.271 e. The Balaban J connectivity index is 2.02. The highest BCUT2D eigenvalue weighted by molar-refractivity contribution is 5.92. The van der Waals surface area contributed by atoms with Crippen molar-refractivity contribution in [3.05, 3.63) is 53.6 Å². The average Bonchev–Trinajstić information content (AvgIpc) is 2.78. The summed E-state index contributed by atoms with van der Waals surface area (Å²) in [6, 6.07) is 9.69. The van der Waals surface area contributed by atoms with Gasteiger partial charge >= 0.3 is 0 Å². The summed E-state index contributed by atoms with van der Waals surface area (Å²) in [5.41, 5.74) is 1.38. The Kier molecular flexibility index (Phi) is 3.44. The number of carbonyl (C=O) groups is 1. The molecule has 0 fully saturated rings. The third-order valence-electron chi connectivity index (χ3n) is 2.53. The van der Waals surface area contributed by atoms with Crippen molar-refractivity contribution in [2.45, 2.75) is 6.54 Å². The van der Waals surface area contributed by atoms with Gasteiger partial charge in [0, 0.05) is 19.8 Å². The Labute approximate surface area is 106 Å². The molecule has 0 radical (unpaired) electrons. The molecule has 2 aromatic rings. The van der Waals surface area contributed by atoms with Crippen molar-refractivity contribution in [2.75, 3.05) is 0 Å². The number of carbonyl (C=O) groups excluding carboxylic acids is 1. The molecule has 0 unspecified atom stereocenters. The second-order valence-electron chi connectivity index (χ2n) is 3.87. The van der Waals surface area contributed by atoms with E-state index in [4.69, 9.17) is 6.42 Å². The molecule has 18 heavy (non-hydrogen) atoms. The van der Waals surface area contributed by atoms with Crippen LogP contribution in [0.15, 0.2) is 36.5 Å². The largest absolute Gasteiger partial charge is 0.347 e. The Morgan fingerprint density at radius 3 is 2.78 bits per heavy atom. The van der Waals surface area contributed by atoms with Gasteiger partial charge in [0.05, 0.1) is 0 Å². The van der Waals surface area contributed by atoms with E-state index in [-0.39, 0.29) is 5.91 Å². The molecule has 1 aromatic heterocycles. The number of aryl methyl sites for hydroxylation is 1. The molecule has 0 saturated heterocycles. The molecule has 4 nitrogen and oxygen atoms in total. The van der Waals surface area contributed by atoms with Crippen LogP contribution in [0.3, 0.4) is 0 Å². The van der Waals surface area contributed by atoms with E-state index in [2.05, 4.69) is 16.2 Å². The van der Waals surface area contributed by atoms with E-state index in [1.54, 1.807) is 17.8 Å². The fourth-order valence-electron chi connectivity index (χ4n) is 1.58. The lowest BCUT2D eigenvalue weighted by atomic mass is 10.2. The van der Waals surface area contributed by atoms with Crippen molar-refractivity contribution in [1.82, 2.24) is 14.9 Å². The van der Waals surface area contributed by atoms with Gasteiger partial charge in [-0.25, -0.2) is 4.98 Å². The summed E-state index contributed by atoms with van der Waals surface area (Å²) < 4.78 is 1.65. The van der Waals surface area contributed by atoms with Gasteiger partial charge in [-0.2, -0.15) is 0 Å². The van der Waals surface area contributed by atoms with Crippen LogP contribution >= 0.6 is 0 Å². The quantitative estimate of drug-likeness (QED) is 0.821. The van der Waals surface area contributed by atoms with Crippen molar-refractivity contribution in [3.63, 3.8) is 0 Å². The summed E-state index contributed by atoms with van der Waals surface area (Å²) in [5.74, 6) is 2.63. The molecule has 1 amide bonds. The molecular formula is C14H13N3O. The predicted octanol–water partition coefficient (Wildman–Crippen LogP) is 1.33. The maximum atomic E-state index is 11.8. The number of benzene rings is 1. The highest BCUT2D eigenvalue weighted by Gasteiger charge is 2.10. The zero-order valence-corrected chi connectivity index (χ0v) is 10.1. The first kappa shape index (κ1) is 11.9. The van der Waals surface area contributed by atoms with Crippen LogP contribution in [0.4, 0.5) is 0 Å². The molecule has 0 saturated carbocycles. The Hall–Kier alpha value is -2.54. The Morgan fingerprint density at radius 2 is 2.17 bits per heavy atom. The monoisotopic (exact) mass is 239 g/mol. The number of rotatable bonds is 3. The minimum Gasteiger partial charge on any atom is -0.347 e. The molecule has 0 atom stereocenters. The number of terminal acetylenes is 1. The molecule has 2 rings (SSSR count). The lowest BCUT2D eigenvalue weighted by Gasteiger charge is -2.02. The van der Waals surface area contributed by atoms with E-state index in [0.717, 1.165) is 5.56 Å². The Morgan fingerprint density at radius 1 is 1.44 bits per heavy atom. The van der Waals surface area contributed by atoms with E-state index in [0.29, 0.717) is 18.1 Å². The van der Waals surface area contributed by atoms with Crippen LogP contribution in [0.1, 0.15) is 21.9 Å². The molecule has 0 aliphatic carbocycles. The summed E-state index contributed by atoms with van der Waals surface area (Å²) in [4.78, 5) is 15.9. The SMILES string of the molecule is C#Cc1nc(C(=O)NCc2ccccc2)cn1C. The normalized spacial score (nSPS) is 9.78. The van der Waals surface area contributed by atoms with Crippen molar-refractivity contribution in [1.29, 1.82) is 0 Å². The highest BCUT2D eigenvalue weighted by Crippen LogP contribution is 2.02. The number of hydrogen-bond acceptors (Lipinski definition) is 2. The van der Waals surface area contributed by atoms with Gasteiger partial charge in [0.1, 0.15) is 5.69 Å². The van der Waals surface area contributed by atoms with Gasteiger partial charge in [0.2, 0.25) is 0 Å². The van der Waals surface area contributed by atoms with Gasteiger partial charge in [-0.15, -0.1) is 6.42 Å². The molecule has 0 spiro atoms. The van der Waals surface area contributed by atoms with Crippen molar-refractivity contribution < 1.29 is 4.79 Å². The number of amides is 1. The van der Waals surface area contributed by atoms with Crippen molar-refractivity contribution in [2.24, 2.45) is 7.05 Å². The third-order valence-corrected chi connectivity index (χ3v) is 2.53. The molecule has 1 aromatic carbocycles. The van der Waals surface area contributed by atoms with Gasteiger partial charge in [0.15, 0.2) is 5.82 Å². The summed E-state index contributed by atoms with van der Waals surface area (Å²) in [5, 5.41) is 2.80. The van der Waals surface area contributed by atoms with Gasteiger partial charge in [0.25, 0.3) is 5.91 Å². The van der Waals surface area contributed by atoms with Crippen molar-refractivity contribution in [3.8, 4) is 12.3 Å². The molecule has 0 bridgehead atoms. The summed E-state index contributed by atoms with van der Waals surface area (Å²) in [7, 11) is 1.76. The zero-order valence-electron chi connectivity index (χ0n) is 10.1. The van der Waals surface area contributed by atoms with Gasteiger partial charge in [-0.1, -0.05) is 30.3 Å². The van der Waals surface area contributed by atoms with Crippen LogP contribution in [0.25, 0.3) is 0 Å². The molecule has 1 heterocycles. The maximum absolute atomic E-state index is 11.8. The van der Waals surface area contributed by atoms with Crippen LogP contribution in [0, 0.1) is 12.3 Å². The number of nitrogens with one attached hydrogen (secondary N) is 1. The minimum absolute atomic E-state index is 0.226. The third kappa shape index (κ3) is 2.58. The van der Waals surface area contributed by atoms with E-state index in [1.165, 1.54) is 0 Å². The minimum atomic E-state index is -0.226. The first-order chi connectivity index (χ1) is 8.70. The van der Waals surface area contributed by atoms with Crippen molar-refractivity contribution >= 4 is 5.91 Å². The summed E-state index contributed by atoms with van der Waals surface area (Å²) in [6.07, 6.45) is 6.88. The van der Waals surface area contributed by atoms with E-state index < -0.39 is 0 Å². The second-order valence-corrected chi connectivity index (χ2v) is 3.87. The highest BCUT2D eigenvalue weighted by atomic mass is 16.1. The summed E-state index contributed by atoms with van der Waals surface area (Å²) >= 11 is 0. The Bertz CT molecular complexity index is 593. The van der Waals surface area contributed by atoms with E-state index in [9.17, 15) is 4.79 Å². The molecule has 90 valence electrons. The maximum Gasteiger partial charge on any atom is 0.271 e. The van der Waals surface area contributed by atoms with Gasteiger partial charge < -0.3 is 9.88 Å². The fraction of sp³-hybridized carbons (Fsp3) is 0.143. The first-order valence-electron chi connectivity index (χ1n) is 5.53. The van der Waals surface area contributed by atoms with Crippen LogP contribution in [0.2, 0.25) is 0 Å². The topological polar surface area (TPSA) is 46.9 Å². The lowest BCUT2D eigenvalue weighted by Crippen LogP contribution is -2.23.